The summed E-state index contributed by atoms with van der Waals surface area (Å²) in [5.74, 6) is 0.101. The van der Waals surface area contributed by atoms with Crippen molar-refractivity contribution in [2.45, 2.75) is 108 Å². The zero-order valence-corrected chi connectivity index (χ0v) is 23.1. The summed E-state index contributed by atoms with van der Waals surface area (Å²) in [5.41, 5.74) is -1.77. The molecule has 4 rings (SSSR count). The number of nitrogens with zero attached hydrogens (tertiary/aromatic N) is 6. The van der Waals surface area contributed by atoms with E-state index in [0.717, 1.165) is 38.5 Å². The van der Waals surface area contributed by atoms with E-state index in [-0.39, 0.29) is 23.8 Å². The monoisotopic (exact) mass is 554 g/mol. The van der Waals surface area contributed by atoms with Gasteiger partial charge in [0, 0.05) is 18.1 Å². The van der Waals surface area contributed by atoms with Gasteiger partial charge in [0.05, 0.1) is 19.1 Å². The van der Waals surface area contributed by atoms with Crippen molar-refractivity contribution < 1.29 is 14.4 Å². The van der Waals surface area contributed by atoms with Gasteiger partial charge in [-0.1, -0.05) is 19.3 Å². The van der Waals surface area contributed by atoms with Crippen LogP contribution in [0.15, 0.2) is 29.4 Å². The van der Waals surface area contributed by atoms with E-state index in [1.807, 2.05) is 6.92 Å². The zero-order valence-electron chi connectivity index (χ0n) is 23.1. The molecule has 0 amide bonds. The molecule has 216 valence electrons. The Hall–Kier alpha value is -3.45. The minimum absolute atomic E-state index is 0.0147. The predicted molar refractivity (Wildman–Crippen MR) is 146 cm³/mol. The zero-order chi connectivity index (χ0) is 28.6. The van der Waals surface area contributed by atoms with Crippen LogP contribution >= 0.6 is 0 Å². The molecule has 3 fully saturated rings. The molecule has 7 atom stereocenters. The van der Waals surface area contributed by atoms with Gasteiger partial charge in [-0.15, -0.1) is 0 Å². The van der Waals surface area contributed by atoms with E-state index in [1.165, 1.54) is 13.7 Å². The number of isocyanates is 3. The topological polar surface area (TPSA) is 154 Å². The first-order chi connectivity index (χ1) is 19.4. The molecule has 1 heterocycles. The molecule has 0 spiro atoms. The van der Waals surface area contributed by atoms with Gasteiger partial charge in [0.1, 0.15) is 0 Å². The summed E-state index contributed by atoms with van der Waals surface area (Å²) in [6.07, 6.45) is 13.0. The first-order valence-corrected chi connectivity index (χ1v) is 14.5. The Labute approximate surface area is 231 Å². The first-order valence-electron chi connectivity index (χ1n) is 14.5. The fourth-order valence-electron chi connectivity index (χ4n) is 7.25. The van der Waals surface area contributed by atoms with Gasteiger partial charge in [-0.25, -0.2) is 57.4 Å². The smallest absolute Gasteiger partial charge is 0.247 e. The summed E-state index contributed by atoms with van der Waals surface area (Å²) >= 11 is 0. The Morgan fingerprint density at radius 3 is 1.50 bits per heavy atom. The summed E-state index contributed by atoms with van der Waals surface area (Å²) in [6, 6.07) is -1.51. The van der Waals surface area contributed by atoms with Crippen LogP contribution in [0, 0.1) is 17.8 Å². The van der Waals surface area contributed by atoms with Gasteiger partial charge < -0.3 is 0 Å². The molecule has 0 saturated heterocycles. The molecule has 1 aromatic heterocycles. The summed E-state index contributed by atoms with van der Waals surface area (Å²) in [4.78, 5) is 85.8. The highest BCUT2D eigenvalue weighted by molar-refractivity contribution is 5.33. The molecule has 0 N–H and O–H groups in total. The predicted octanol–water partition coefficient (Wildman–Crippen LogP) is 2.76. The van der Waals surface area contributed by atoms with E-state index >= 15 is 0 Å². The van der Waals surface area contributed by atoms with Crippen molar-refractivity contribution in [1.82, 2.24) is 13.7 Å². The lowest BCUT2D eigenvalue weighted by atomic mass is 9.81. The fraction of sp³-hybridized carbons (Fsp3) is 0.786. The lowest BCUT2D eigenvalue weighted by Crippen LogP contribution is -2.58. The van der Waals surface area contributed by atoms with Crippen LogP contribution < -0.4 is 17.1 Å². The van der Waals surface area contributed by atoms with Crippen LogP contribution in [0.3, 0.4) is 0 Å². The first kappa shape index (κ1) is 29.5. The lowest BCUT2D eigenvalue weighted by Gasteiger charge is -2.35. The molecule has 12 nitrogen and oxygen atoms in total. The number of rotatable bonds is 9. The van der Waals surface area contributed by atoms with E-state index in [0.29, 0.717) is 51.6 Å². The maximum absolute atomic E-state index is 14.1. The van der Waals surface area contributed by atoms with Gasteiger partial charge in [-0.05, 0) is 82.5 Å². The number of hydrogen-bond acceptors (Lipinski definition) is 9. The van der Waals surface area contributed by atoms with Crippen molar-refractivity contribution in [3.63, 3.8) is 0 Å². The van der Waals surface area contributed by atoms with Crippen LogP contribution in [0.5, 0.6) is 0 Å². The Morgan fingerprint density at radius 2 is 1.07 bits per heavy atom. The van der Waals surface area contributed by atoms with Gasteiger partial charge in [0.2, 0.25) is 18.2 Å². The number of hydrogen-bond donors (Lipinski definition) is 0. The molecular formula is C28H38N6O6. The Balaban J connectivity index is 1.81. The summed E-state index contributed by atoms with van der Waals surface area (Å²) in [7, 11) is 0. The van der Waals surface area contributed by atoms with Crippen molar-refractivity contribution in [3.05, 3.63) is 31.5 Å². The van der Waals surface area contributed by atoms with Crippen molar-refractivity contribution >= 4 is 18.2 Å². The van der Waals surface area contributed by atoms with Crippen molar-refractivity contribution in [2.75, 3.05) is 13.1 Å². The molecule has 0 bridgehead atoms. The summed E-state index contributed by atoms with van der Waals surface area (Å²) in [6.45, 7) is 2.43. The molecule has 3 aliphatic carbocycles. The van der Waals surface area contributed by atoms with E-state index < -0.39 is 35.2 Å². The van der Waals surface area contributed by atoms with Gasteiger partial charge in [-0.3, -0.25) is 0 Å². The Kier molecular flexibility index (Phi) is 10.2. The standard InChI is InChI=1S/C28H38N6O6/c1-19(31-18-37)22-7-4-10-25(13-22)34-27(39)32(23-8-2-5-20(11-23)14-29-16-35)26(38)33(28(34)40)24-9-3-6-21(12-24)15-30-17-36/h19-25H,2-15H2,1H3. The van der Waals surface area contributed by atoms with Crippen LogP contribution in [0.2, 0.25) is 0 Å². The molecule has 12 heteroatoms. The largest absolute Gasteiger partial charge is 0.336 e. The molecule has 1 aromatic rings. The SMILES string of the molecule is CC(N=C=O)C1CCCC(n2c(=O)n(C3CCCC(CN=C=O)C3)c(=O)n(C3CCCC(CN=C=O)C3)c2=O)C1. The highest BCUT2D eigenvalue weighted by atomic mass is 16.2. The van der Waals surface area contributed by atoms with Crippen molar-refractivity contribution in [1.29, 1.82) is 0 Å². The van der Waals surface area contributed by atoms with Crippen molar-refractivity contribution in [2.24, 2.45) is 32.7 Å². The number of carbonyl (C=O) groups excluding carboxylic acids is 3. The molecule has 3 saturated carbocycles. The van der Waals surface area contributed by atoms with E-state index in [1.54, 1.807) is 18.2 Å². The lowest BCUT2D eigenvalue weighted by molar-refractivity contribution is 0.192. The molecular weight excluding hydrogens is 516 g/mol. The second-order valence-electron chi connectivity index (χ2n) is 11.7. The normalized spacial score (nSPS) is 29.3. The second-order valence-corrected chi connectivity index (χ2v) is 11.7. The van der Waals surface area contributed by atoms with E-state index in [9.17, 15) is 28.8 Å². The summed E-state index contributed by atoms with van der Waals surface area (Å²) < 4.78 is 3.84. The van der Waals surface area contributed by atoms with Gasteiger partial charge >= 0.3 is 17.1 Å². The Bertz CT molecular complexity index is 1300. The molecule has 0 radical (unpaired) electrons. The maximum Gasteiger partial charge on any atom is 0.336 e. The highest BCUT2D eigenvalue weighted by Gasteiger charge is 2.35. The molecule has 7 unspecified atom stereocenters. The number of aromatic nitrogens is 3. The average Bonchev–Trinajstić information content (AvgIpc) is 2.96. The van der Waals surface area contributed by atoms with Crippen LogP contribution in [0.4, 0.5) is 0 Å². The third kappa shape index (κ3) is 6.47. The molecule has 3 aliphatic rings. The van der Waals surface area contributed by atoms with Crippen molar-refractivity contribution in [3.8, 4) is 0 Å². The molecule has 40 heavy (non-hydrogen) atoms. The second kappa shape index (κ2) is 13.8. The molecule has 0 aliphatic heterocycles. The third-order valence-corrected chi connectivity index (χ3v) is 9.30. The minimum Gasteiger partial charge on any atom is -0.247 e. The van der Waals surface area contributed by atoms with Crippen LogP contribution in [0.1, 0.15) is 102 Å². The Morgan fingerprint density at radius 1 is 0.650 bits per heavy atom. The highest BCUT2D eigenvalue weighted by Crippen LogP contribution is 2.36. The number of aliphatic imine (C=N–C) groups is 3. The van der Waals surface area contributed by atoms with E-state index in [4.69, 9.17) is 0 Å². The quantitative estimate of drug-likeness (QED) is 0.338. The third-order valence-electron chi connectivity index (χ3n) is 9.30. The maximum atomic E-state index is 14.1. The van der Waals surface area contributed by atoms with Crippen LogP contribution in [-0.2, 0) is 14.4 Å². The average molecular weight is 555 g/mol. The fourth-order valence-corrected chi connectivity index (χ4v) is 7.25. The minimum atomic E-state index is -0.592. The van der Waals surface area contributed by atoms with Gasteiger partial charge in [0.15, 0.2) is 0 Å². The summed E-state index contributed by atoms with van der Waals surface area (Å²) in [5, 5.41) is 0. The van der Waals surface area contributed by atoms with Gasteiger partial charge in [0.25, 0.3) is 0 Å². The van der Waals surface area contributed by atoms with E-state index in [2.05, 4.69) is 15.0 Å². The van der Waals surface area contributed by atoms with Crippen LogP contribution in [0.25, 0.3) is 0 Å². The van der Waals surface area contributed by atoms with Gasteiger partial charge in [-0.2, -0.15) is 0 Å². The van der Waals surface area contributed by atoms with Crippen LogP contribution in [-0.4, -0.2) is 51.1 Å². The molecule has 0 aromatic carbocycles.